The second-order valence-corrected chi connectivity index (χ2v) is 9.21. The molecule has 0 atom stereocenters. The number of carbonyl (C=O) groups is 1. The quantitative estimate of drug-likeness (QED) is 0.328. The molecule has 12 heteroatoms. The molecule has 2 N–H and O–H groups in total. The summed E-state index contributed by atoms with van der Waals surface area (Å²) in [5.74, 6) is 5.16. The predicted octanol–water partition coefficient (Wildman–Crippen LogP) is 2.53. The minimum atomic E-state index is -4.02. The van der Waals surface area contributed by atoms with Crippen molar-refractivity contribution in [2.75, 3.05) is 18.9 Å². The third-order valence-corrected chi connectivity index (χ3v) is 6.51. The minimum Gasteiger partial charge on any atom is -0.496 e. The van der Waals surface area contributed by atoms with Gasteiger partial charge in [0.05, 0.1) is 27.0 Å². The van der Waals surface area contributed by atoms with Gasteiger partial charge in [0.25, 0.3) is 15.9 Å². The van der Waals surface area contributed by atoms with Gasteiger partial charge in [-0.15, -0.1) is 0 Å². The molecule has 0 bridgehead atoms. The van der Waals surface area contributed by atoms with Crippen LogP contribution in [-0.2, 0) is 27.9 Å². The Morgan fingerprint density at radius 2 is 1.92 bits per heavy atom. The van der Waals surface area contributed by atoms with E-state index in [2.05, 4.69) is 32.1 Å². The Hall–Kier alpha value is -4.50. The third kappa shape index (κ3) is 5.26. The fourth-order valence-electron chi connectivity index (χ4n) is 3.55. The summed E-state index contributed by atoms with van der Waals surface area (Å²) in [7, 11) is -1.16. The topological polar surface area (TPSA) is 138 Å². The lowest BCUT2D eigenvalue weighted by molar-refractivity contribution is -0.115. The number of hydrogen-bond donors (Lipinski definition) is 2. The Labute approximate surface area is 207 Å². The van der Waals surface area contributed by atoms with Crippen LogP contribution in [0.25, 0.3) is 11.0 Å². The third-order valence-electron chi connectivity index (χ3n) is 5.13. The van der Waals surface area contributed by atoms with Crippen LogP contribution in [-0.4, -0.2) is 43.5 Å². The van der Waals surface area contributed by atoms with E-state index in [1.54, 1.807) is 54.3 Å². The Bertz CT molecular complexity index is 1580. The van der Waals surface area contributed by atoms with Crippen molar-refractivity contribution in [2.24, 2.45) is 0 Å². The summed E-state index contributed by atoms with van der Waals surface area (Å²) in [6, 6.07) is 9.73. The maximum Gasteiger partial charge on any atom is 0.296 e. The molecule has 0 fully saturated rings. The molecule has 36 heavy (non-hydrogen) atoms. The van der Waals surface area contributed by atoms with Gasteiger partial charge >= 0.3 is 0 Å². The largest absolute Gasteiger partial charge is 0.496 e. The Morgan fingerprint density at radius 1 is 1.14 bits per heavy atom. The smallest absolute Gasteiger partial charge is 0.296 e. The highest BCUT2D eigenvalue weighted by atomic mass is 32.2. The fraction of sp³-hybridized carbons (Fsp3) is 0.208. The molecule has 2 aromatic carbocycles. The molecule has 4 aromatic rings. The lowest BCUT2D eigenvalue weighted by Crippen LogP contribution is -2.20. The maximum atomic E-state index is 13.0. The molecule has 186 valence electrons. The van der Waals surface area contributed by atoms with Crippen LogP contribution in [0.2, 0.25) is 0 Å². The van der Waals surface area contributed by atoms with Crippen LogP contribution < -0.4 is 19.5 Å². The minimum absolute atomic E-state index is 0.00778. The van der Waals surface area contributed by atoms with E-state index < -0.39 is 10.0 Å². The van der Waals surface area contributed by atoms with Gasteiger partial charge in [-0.25, -0.2) is 8.42 Å². The highest BCUT2D eigenvalue weighted by molar-refractivity contribution is 7.92. The summed E-state index contributed by atoms with van der Waals surface area (Å²) < 4.78 is 46.3. The van der Waals surface area contributed by atoms with E-state index in [1.807, 2.05) is 0 Å². The van der Waals surface area contributed by atoms with Gasteiger partial charge < -0.3 is 19.3 Å². The number of aromatic nitrogens is 3. The van der Waals surface area contributed by atoms with Crippen LogP contribution in [0, 0.1) is 11.8 Å². The van der Waals surface area contributed by atoms with Gasteiger partial charge in [-0.1, -0.05) is 23.2 Å². The van der Waals surface area contributed by atoms with Crippen molar-refractivity contribution in [1.29, 1.82) is 0 Å². The van der Waals surface area contributed by atoms with Crippen LogP contribution in [0.15, 0.2) is 58.2 Å². The summed E-state index contributed by atoms with van der Waals surface area (Å²) in [6.07, 6.45) is 3.44. The van der Waals surface area contributed by atoms with E-state index >= 15 is 0 Å². The summed E-state index contributed by atoms with van der Waals surface area (Å²) in [6.45, 7) is 2.27. The van der Waals surface area contributed by atoms with Gasteiger partial charge in [0.1, 0.15) is 21.8 Å². The molecular weight excluding hydrogens is 486 g/mol. The van der Waals surface area contributed by atoms with E-state index in [-0.39, 0.29) is 22.4 Å². The van der Waals surface area contributed by atoms with Crippen molar-refractivity contribution < 1.29 is 27.2 Å². The Balaban J connectivity index is 1.57. The van der Waals surface area contributed by atoms with E-state index in [4.69, 9.17) is 14.0 Å². The van der Waals surface area contributed by atoms with Crippen LogP contribution in [0.5, 0.6) is 11.5 Å². The normalized spacial score (nSPS) is 11.0. The van der Waals surface area contributed by atoms with Crippen molar-refractivity contribution in [1.82, 2.24) is 20.3 Å². The van der Waals surface area contributed by atoms with E-state index in [1.165, 1.54) is 20.3 Å². The molecule has 0 radical (unpaired) electrons. The molecule has 0 aliphatic heterocycles. The number of hydrogen-bond acceptors (Lipinski definition) is 8. The number of sulfonamides is 1. The number of anilines is 1. The summed E-state index contributed by atoms with van der Waals surface area (Å²) in [4.78, 5) is 11.5. The van der Waals surface area contributed by atoms with Gasteiger partial charge in [0.15, 0.2) is 11.4 Å². The van der Waals surface area contributed by atoms with Crippen molar-refractivity contribution in [2.45, 2.75) is 24.9 Å². The SMILES string of the molecule is CC#CC(=O)NCc1cnn(Cc2cc(OC)c3c(NS(=O)(=O)c4ccccc4OC)noc3c2)c1. The lowest BCUT2D eigenvalue weighted by atomic mass is 10.1. The number of carbonyl (C=O) groups excluding carboxylic acids is 1. The average Bonchev–Trinajstić information content (AvgIpc) is 3.49. The Morgan fingerprint density at radius 3 is 2.67 bits per heavy atom. The van der Waals surface area contributed by atoms with Gasteiger partial charge in [0, 0.05) is 18.3 Å². The molecule has 1 amide bonds. The molecule has 2 aromatic heterocycles. The summed E-state index contributed by atoms with van der Waals surface area (Å²) in [5.41, 5.74) is 1.92. The average molecular weight is 510 g/mol. The molecule has 11 nitrogen and oxygen atoms in total. The number of methoxy groups -OCH3 is 2. The number of nitrogens with zero attached hydrogens (tertiary/aromatic N) is 3. The lowest BCUT2D eigenvalue weighted by Gasteiger charge is -2.11. The molecule has 0 aliphatic rings. The van der Waals surface area contributed by atoms with Crippen LogP contribution in [0.1, 0.15) is 18.1 Å². The van der Waals surface area contributed by atoms with Crippen molar-refractivity contribution in [3.63, 3.8) is 0 Å². The number of para-hydroxylation sites is 1. The number of rotatable bonds is 9. The number of amides is 1. The van der Waals surface area contributed by atoms with Crippen LogP contribution >= 0.6 is 0 Å². The Kier molecular flexibility index (Phi) is 7.12. The summed E-state index contributed by atoms with van der Waals surface area (Å²) in [5, 5.41) is 11.3. The molecule has 0 saturated heterocycles. The number of benzene rings is 2. The first-order chi connectivity index (χ1) is 17.3. The monoisotopic (exact) mass is 509 g/mol. The second-order valence-electron chi connectivity index (χ2n) is 7.56. The molecular formula is C24H23N5O6S. The van der Waals surface area contributed by atoms with Crippen LogP contribution in [0.4, 0.5) is 5.82 Å². The highest BCUT2D eigenvalue weighted by Gasteiger charge is 2.24. The first-order valence-electron chi connectivity index (χ1n) is 10.7. The standard InChI is InChI=1S/C24H23N5O6S/c1-4-7-22(30)25-12-17-13-26-29(15-17)14-16-10-19(34-3)23-20(11-16)35-27-24(23)28-36(31,32)21-9-6-5-8-18(21)33-2/h5-6,8-11,13,15H,12,14H2,1-3H3,(H,25,30)(H,27,28). The molecule has 2 heterocycles. The first-order valence-corrected chi connectivity index (χ1v) is 12.2. The number of nitrogens with one attached hydrogen (secondary N) is 2. The molecule has 0 saturated carbocycles. The molecule has 4 rings (SSSR count). The number of fused-ring (bicyclic) bond motifs is 1. The second kappa shape index (κ2) is 10.4. The van der Waals surface area contributed by atoms with Crippen molar-refractivity contribution >= 4 is 32.7 Å². The van der Waals surface area contributed by atoms with E-state index in [9.17, 15) is 13.2 Å². The predicted molar refractivity (Wildman–Crippen MR) is 131 cm³/mol. The van der Waals surface area contributed by atoms with E-state index in [0.717, 1.165) is 11.1 Å². The summed E-state index contributed by atoms with van der Waals surface area (Å²) >= 11 is 0. The highest BCUT2D eigenvalue weighted by Crippen LogP contribution is 2.35. The molecule has 0 spiro atoms. The molecule has 0 aliphatic carbocycles. The van der Waals surface area contributed by atoms with Crippen LogP contribution in [0.3, 0.4) is 0 Å². The van der Waals surface area contributed by atoms with Gasteiger partial charge in [0.2, 0.25) is 0 Å². The van der Waals surface area contributed by atoms with E-state index in [0.29, 0.717) is 29.8 Å². The zero-order valence-corrected chi connectivity index (χ0v) is 20.5. The van der Waals surface area contributed by atoms with Crippen molar-refractivity contribution in [3.05, 3.63) is 59.9 Å². The zero-order chi connectivity index (χ0) is 25.7. The zero-order valence-electron chi connectivity index (χ0n) is 19.7. The maximum absolute atomic E-state index is 13.0. The van der Waals surface area contributed by atoms with Gasteiger partial charge in [-0.05, 0) is 42.7 Å². The fourth-order valence-corrected chi connectivity index (χ4v) is 4.72. The number of ether oxygens (including phenoxy) is 2. The van der Waals surface area contributed by atoms with Gasteiger partial charge in [-0.2, -0.15) is 5.10 Å². The molecule has 0 unspecified atom stereocenters. The van der Waals surface area contributed by atoms with Gasteiger partial charge in [-0.3, -0.25) is 14.2 Å². The van der Waals surface area contributed by atoms with Crippen molar-refractivity contribution in [3.8, 4) is 23.3 Å². The first kappa shape index (κ1) is 24.6.